The third-order valence-electron chi connectivity index (χ3n) is 3.20. The van der Waals surface area contributed by atoms with E-state index in [4.69, 9.17) is 5.73 Å². The number of rotatable bonds is 2. The maximum Gasteiger partial charge on any atom is 0.0442 e. The molecule has 0 unspecified atom stereocenters. The van der Waals surface area contributed by atoms with Gasteiger partial charge in [-0.15, -0.1) is 0 Å². The van der Waals surface area contributed by atoms with Crippen molar-refractivity contribution in [3.8, 4) is 0 Å². The van der Waals surface area contributed by atoms with Gasteiger partial charge in [-0.05, 0) is 24.8 Å². The molecule has 0 aliphatic heterocycles. The first-order valence-electron chi connectivity index (χ1n) is 5.03. The molecule has 0 heterocycles. The number of hydrogen-bond acceptors (Lipinski definition) is 1. The number of aryl methyl sites for hydroxylation is 1. The summed E-state index contributed by atoms with van der Waals surface area (Å²) in [4.78, 5) is 0. The van der Waals surface area contributed by atoms with Crippen LogP contribution in [0.25, 0.3) is 0 Å². The van der Waals surface area contributed by atoms with Gasteiger partial charge in [0.15, 0.2) is 0 Å². The molecule has 13 heavy (non-hydrogen) atoms. The van der Waals surface area contributed by atoms with E-state index in [1.807, 2.05) is 0 Å². The second kappa shape index (κ2) is 2.85. The Bertz CT molecular complexity index is 319. The van der Waals surface area contributed by atoms with E-state index in [0.717, 1.165) is 6.42 Å². The van der Waals surface area contributed by atoms with Gasteiger partial charge in [0.25, 0.3) is 0 Å². The summed E-state index contributed by atoms with van der Waals surface area (Å²) in [6.45, 7) is 4.34. The summed E-state index contributed by atoms with van der Waals surface area (Å²) in [5.41, 5.74) is 8.92. The van der Waals surface area contributed by atoms with Crippen LogP contribution in [0.2, 0.25) is 0 Å². The Labute approximate surface area is 80.0 Å². The lowest BCUT2D eigenvalue weighted by molar-refractivity contribution is 0.615. The van der Waals surface area contributed by atoms with E-state index in [1.165, 1.54) is 17.5 Å². The zero-order valence-electron chi connectivity index (χ0n) is 8.38. The molecule has 1 aromatic carbocycles. The van der Waals surface area contributed by atoms with Crippen molar-refractivity contribution in [3.05, 3.63) is 35.4 Å². The first-order chi connectivity index (χ1) is 6.16. The Hall–Kier alpha value is -0.820. The standard InChI is InChI=1S/C12H17N/c1-3-10-8-12(10,13)11-6-4-5-9(2)7-11/h4-7,10H,3,8,13H2,1-2H3/t10-,12-/m0/s1. The van der Waals surface area contributed by atoms with E-state index in [2.05, 4.69) is 38.1 Å². The summed E-state index contributed by atoms with van der Waals surface area (Å²) in [6, 6.07) is 8.60. The normalized spacial score (nSPS) is 31.8. The second-order valence-corrected chi connectivity index (χ2v) is 4.22. The van der Waals surface area contributed by atoms with Crippen LogP contribution in [-0.4, -0.2) is 0 Å². The van der Waals surface area contributed by atoms with Crippen LogP contribution in [0, 0.1) is 12.8 Å². The lowest BCUT2D eigenvalue weighted by atomic mass is 10.0. The molecule has 1 aliphatic rings. The third-order valence-corrected chi connectivity index (χ3v) is 3.20. The average Bonchev–Trinajstić information content (AvgIpc) is 2.79. The predicted octanol–water partition coefficient (Wildman–Crippen LogP) is 2.58. The summed E-state index contributed by atoms with van der Waals surface area (Å²) in [6.07, 6.45) is 2.36. The minimum absolute atomic E-state index is 0.000764. The van der Waals surface area contributed by atoms with Crippen LogP contribution in [0.3, 0.4) is 0 Å². The minimum atomic E-state index is 0.000764. The molecule has 70 valence electrons. The molecule has 1 heteroatoms. The van der Waals surface area contributed by atoms with Crippen LogP contribution in [0.15, 0.2) is 24.3 Å². The smallest absolute Gasteiger partial charge is 0.0442 e. The quantitative estimate of drug-likeness (QED) is 0.734. The predicted molar refractivity (Wildman–Crippen MR) is 55.4 cm³/mol. The summed E-state index contributed by atoms with van der Waals surface area (Å²) in [5, 5.41) is 0. The van der Waals surface area contributed by atoms with Crippen molar-refractivity contribution in [2.75, 3.05) is 0 Å². The summed E-state index contributed by atoms with van der Waals surface area (Å²) < 4.78 is 0. The van der Waals surface area contributed by atoms with Gasteiger partial charge < -0.3 is 5.73 Å². The Kier molecular flexibility index (Phi) is 1.92. The lowest BCUT2D eigenvalue weighted by Gasteiger charge is -2.11. The summed E-state index contributed by atoms with van der Waals surface area (Å²) in [5.74, 6) is 0.703. The van der Waals surface area contributed by atoms with Crippen LogP contribution < -0.4 is 5.73 Å². The summed E-state index contributed by atoms with van der Waals surface area (Å²) in [7, 11) is 0. The van der Waals surface area contributed by atoms with E-state index in [9.17, 15) is 0 Å². The van der Waals surface area contributed by atoms with Crippen LogP contribution in [0.1, 0.15) is 30.9 Å². The summed E-state index contributed by atoms with van der Waals surface area (Å²) >= 11 is 0. The van der Waals surface area contributed by atoms with Gasteiger partial charge in [0, 0.05) is 5.54 Å². The highest BCUT2D eigenvalue weighted by Crippen LogP contribution is 2.51. The molecule has 1 fully saturated rings. The van der Waals surface area contributed by atoms with Crippen LogP contribution >= 0.6 is 0 Å². The molecule has 0 aromatic heterocycles. The molecule has 2 rings (SSSR count). The van der Waals surface area contributed by atoms with Crippen molar-refractivity contribution < 1.29 is 0 Å². The molecule has 0 amide bonds. The Balaban J connectivity index is 2.27. The highest BCUT2D eigenvalue weighted by Gasteiger charge is 2.50. The number of nitrogens with two attached hydrogens (primary N) is 1. The molecule has 2 atom stereocenters. The fourth-order valence-electron chi connectivity index (χ4n) is 2.15. The molecule has 1 saturated carbocycles. The highest BCUT2D eigenvalue weighted by molar-refractivity contribution is 5.34. The minimum Gasteiger partial charge on any atom is -0.321 e. The van der Waals surface area contributed by atoms with E-state index >= 15 is 0 Å². The number of hydrogen-bond donors (Lipinski definition) is 1. The van der Waals surface area contributed by atoms with Crippen LogP contribution in [0.5, 0.6) is 0 Å². The Morgan fingerprint density at radius 1 is 1.54 bits per heavy atom. The fraction of sp³-hybridized carbons (Fsp3) is 0.500. The van der Waals surface area contributed by atoms with Gasteiger partial charge in [-0.3, -0.25) is 0 Å². The monoisotopic (exact) mass is 175 g/mol. The van der Waals surface area contributed by atoms with Crippen LogP contribution in [-0.2, 0) is 5.54 Å². The first kappa shape index (κ1) is 8.76. The van der Waals surface area contributed by atoms with E-state index in [-0.39, 0.29) is 5.54 Å². The SMILES string of the molecule is CC[C@H]1C[C@@]1(N)c1cccc(C)c1. The van der Waals surface area contributed by atoms with Crippen molar-refractivity contribution in [1.82, 2.24) is 0 Å². The topological polar surface area (TPSA) is 26.0 Å². The van der Waals surface area contributed by atoms with Gasteiger partial charge in [-0.25, -0.2) is 0 Å². The molecule has 0 saturated heterocycles. The van der Waals surface area contributed by atoms with Gasteiger partial charge in [-0.2, -0.15) is 0 Å². The van der Waals surface area contributed by atoms with Gasteiger partial charge in [0.05, 0.1) is 0 Å². The van der Waals surface area contributed by atoms with Crippen molar-refractivity contribution in [1.29, 1.82) is 0 Å². The Morgan fingerprint density at radius 3 is 2.85 bits per heavy atom. The van der Waals surface area contributed by atoms with Gasteiger partial charge in [0.1, 0.15) is 0 Å². The molecule has 1 aliphatic carbocycles. The van der Waals surface area contributed by atoms with Crippen molar-refractivity contribution >= 4 is 0 Å². The molecule has 2 N–H and O–H groups in total. The maximum atomic E-state index is 6.29. The Morgan fingerprint density at radius 2 is 2.31 bits per heavy atom. The van der Waals surface area contributed by atoms with Crippen molar-refractivity contribution in [2.24, 2.45) is 11.7 Å². The van der Waals surface area contributed by atoms with E-state index in [1.54, 1.807) is 0 Å². The zero-order valence-corrected chi connectivity index (χ0v) is 8.38. The largest absolute Gasteiger partial charge is 0.321 e. The van der Waals surface area contributed by atoms with Gasteiger partial charge in [-0.1, -0.05) is 43.2 Å². The maximum absolute atomic E-state index is 6.29. The molecule has 1 nitrogen and oxygen atoms in total. The average molecular weight is 175 g/mol. The molecular formula is C12H17N. The van der Waals surface area contributed by atoms with Crippen molar-refractivity contribution in [3.63, 3.8) is 0 Å². The van der Waals surface area contributed by atoms with Gasteiger partial charge in [0.2, 0.25) is 0 Å². The molecular weight excluding hydrogens is 158 g/mol. The molecule has 1 aromatic rings. The highest BCUT2D eigenvalue weighted by atomic mass is 14.9. The second-order valence-electron chi connectivity index (χ2n) is 4.22. The number of benzene rings is 1. The molecule has 0 radical (unpaired) electrons. The zero-order chi connectivity index (χ0) is 9.47. The first-order valence-corrected chi connectivity index (χ1v) is 5.03. The van der Waals surface area contributed by atoms with E-state index < -0.39 is 0 Å². The van der Waals surface area contributed by atoms with Crippen LogP contribution in [0.4, 0.5) is 0 Å². The molecule has 0 bridgehead atoms. The van der Waals surface area contributed by atoms with Gasteiger partial charge >= 0.3 is 0 Å². The van der Waals surface area contributed by atoms with Crippen molar-refractivity contribution in [2.45, 2.75) is 32.2 Å². The lowest BCUT2D eigenvalue weighted by Crippen LogP contribution is -2.21. The molecule has 0 spiro atoms. The van der Waals surface area contributed by atoms with E-state index in [0.29, 0.717) is 5.92 Å². The fourth-order valence-corrected chi connectivity index (χ4v) is 2.15. The third kappa shape index (κ3) is 1.37.